The Bertz CT molecular complexity index is 1120. The summed E-state index contributed by atoms with van der Waals surface area (Å²) in [5.74, 6) is 1.32. The van der Waals surface area contributed by atoms with Crippen molar-refractivity contribution in [3.63, 3.8) is 0 Å². The van der Waals surface area contributed by atoms with Crippen LogP contribution in [0.2, 0.25) is 0 Å². The summed E-state index contributed by atoms with van der Waals surface area (Å²) >= 11 is 0. The van der Waals surface area contributed by atoms with Gasteiger partial charge in [0.1, 0.15) is 5.75 Å². The van der Waals surface area contributed by atoms with E-state index in [0.717, 1.165) is 38.5 Å². The van der Waals surface area contributed by atoms with Crippen LogP contribution in [0, 0.1) is 12.8 Å². The number of fused-ring (bicyclic) bond motifs is 1. The fraction of sp³-hybridized carbons (Fsp3) is 0.464. The number of aryl methyl sites for hydroxylation is 1. The van der Waals surface area contributed by atoms with Crippen molar-refractivity contribution in [3.05, 3.63) is 64.8 Å². The van der Waals surface area contributed by atoms with Gasteiger partial charge < -0.3 is 19.4 Å². The molecule has 1 aliphatic rings. The number of rotatable bonds is 8. The average molecular weight is 464 g/mol. The second kappa shape index (κ2) is 10.6. The third-order valence-corrected chi connectivity index (χ3v) is 7.01. The van der Waals surface area contributed by atoms with Crippen molar-refractivity contribution >= 4 is 16.9 Å². The summed E-state index contributed by atoms with van der Waals surface area (Å²) in [4.78, 5) is 20.5. The number of hydrogen-bond acceptors (Lipinski definition) is 5. The van der Waals surface area contributed by atoms with Crippen LogP contribution < -0.4 is 4.74 Å². The highest BCUT2D eigenvalue weighted by atomic mass is 16.5. The average Bonchev–Trinajstić information content (AvgIpc) is 3.35. The molecule has 34 heavy (non-hydrogen) atoms. The van der Waals surface area contributed by atoms with Crippen molar-refractivity contribution < 1.29 is 14.3 Å². The molecule has 1 saturated heterocycles. The highest BCUT2D eigenvalue weighted by Crippen LogP contribution is 2.35. The number of aromatic amines is 1. The van der Waals surface area contributed by atoms with E-state index in [0.29, 0.717) is 11.5 Å². The highest BCUT2D eigenvalue weighted by molar-refractivity contribution is 5.89. The third-order valence-electron chi connectivity index (χ3n) is 7.01. The van der Waals surface area contributed by atoms with Gasteiger partial charge in [-0.05, 0) is 61.2 Å². The minimum Gasteiger partial charge on any atom is -0.496 e. The summed E-state index contributed by atoms with van der Waals surface area (Å²) in [6.07, 6.45) is 3.21. The number of hydrogen-bond donors (Lipinski definition) is 1. The maximum absolute atomic E-state index is 11.9. The molecule has 0 amide bonds. The van der Waals surface area contributed by atoms with Gasteiger partial charge in [0.15, 0.2) is 0 Å². The molecule has 0 saturated carbocycles. The van der Waals surface area contributed by atoms with E-state index in [2.05, 4.69) is 59.8 Å². The molecule has 6 heteroatoms. The zero-order valence-electron chi connectivity index (χ0n) is 21.1. The van der Waals surface area contributed by atoms with E-state index in [-0.39, 0.29) is 12.0 Å². The van der Waals surface area contributed by atoms with Crippen LogP contribution in [0.15, 0.2) is 42.6 Å². The first-order valence-corrected chi connectivity index (χ1v) is 12.2. The van der Waals surface area contributed by atoms with Gasteiger partial charge in [0, 0.05) is 54.9 Å². The first-order chi connectivity index (χ1) is 16.4. The molecule has 2 heterocycles. The summed E-state index contributed by atoms with van der Waals surface area (Å²) in [7, 11) is 3.17. The van der Waals surface area contributed by atoms with Gasteiger partial charge >= 0.3 is 5.97 Å². The Kier molecular flexibility index (Phi) is 7.59. The van der Waals surface area contributed by atoms with Crippen LogP contribution in [0.3, 0.4) is 0 Å². The standard InChI is InChI=1S/C28H37N3O3/c1-19(2)11-13-30-14-15-31(25(18-30)21-6-8-22(9-7-21)28(32)34-5)17-24-23-10-12-29-27(23)20(3)16-26(24)33-4/h6-10,12,16,19,25,29H,11,13-15,17-18H2,1-5H3. The zero-order chi connectivity index (χ0) is 24.2. The smallest absolute Gasteiger partial charge is 0.337 e. The summed E-state index contributed by atoms with van der Waals surface area (Å²) in [6.45, 7) is 11.6. The lowest BCUT2D eigenvalue weighted by Gasteiger charge is -2.42. The molecule has 2 aromatic carbocycles. The Balaban J connectivity index is 1.65. The number of H-pyrrole nitrogens is 1. The van der Waals surface area contributed by atoms with Crippen LogP contribution >= 0.6 is 0 Å². The maximum atomic E-state index is 11.9. The summed E-state index contributed by atoms with van der Waals surface area (Å²) in [5.41, 5.74) is 5.38. The fourth-order valence-electron chi connectivity index (χ4n) is 4.97. The lowest BCUT2D eigenvalue weighted by atomic mass is 9.98. The van der Waals surface area contributed by atoms with Crippen molar-refractivity contribution in [1.82, 2.24) is 14.8 Å². The van der Waals surface area contributed by atoms with E-state index in [1.165, 1.54) is 41.1 Å². The molecule has 1 aromatic heterocycles. The van der Waals surface area contributed by atoms with Crippen molar-refractivity contribution in [2.45, 2.75) is 39.8 Å². The Morgan fingerprint density at radius 3 is 2.59 bits per heavy atom. The zero-order valence-corrected chi connectivity index (χ0v) is 21.1. The van der Waals surface area contributed by atoms with Gasteiger partial charge in [0.2, 0.25) is 0 Å². The molecule has 1 atom stereocenters. The number of esters is 1. The number of piperazine rings is 1. The predicted octanol–water partition coefficient (Wildman–Crippen LogP) is 5.18. The largest absolute Gasteiger partial charge is 0.496 e. The molecule has 3 aromatic rings. The topological polar surface area (TPSA) is 57.8 Å². The number of aromatic nitrogens is 1. The first-order valence-electron chi connectivity index (χ1n) is 12.2. The van der Waals surface area contributed by atoms with Crippen LogP contribution in [0.25, 0.3) is 10.9 Å². The number of carbonyl (C=O) groups excluding carboxylic acids is 1. The number of nitrogens with zero attached hydrogens (tertiary/aromatic N) is 2. The number of benzene rings is 2. The molecular formula is C28H37N3O3. The molecule has 6 nitrogen and oxygen atoms in total. The molecule has 182 valence electrons. The second-order valence-corrected chi connectivity index (χ2v) is 9.72. The second-order valence-electron chi connectivity index (χ2n) is 9.72. The number of carbonyl (C=O) groups is 1. The Hall–Kier alpha value is -2.83. The van der Waals surface area contributed by atoms with Crippen LogP contribution in [0.5, 0.6) is 5.75 Å². The van der Waals surface area contributed by atoms with Crippen molar-refractivity contribution in [2.24, 2.45) is 5.92 Å². The van der Waals surface area contributed by atoms with E-state index in [1.54, 1.807) is 7.11 Å². The lowest BCUT2D eigenvalue weighted by Crippen LogP contribution is -2.48. The van der Waals surface area contributed by atoms with E-state index in [1.807, 2.05) is 18.3 Å². The number of ether oxygens (including phenoxy) is 2. The van der Waals surface area contributed by atoms with Gasteiger partial charge in [0.05, 0.1) is 19.8 Å². The Morgan fingerprint density at radius 1 is 1.15 bits per heavy atom. The highest BCUT2D eigenvalue weighted by Gasteiger charge is 2.30. The SMILES string of the molecule is COC(=O)c1ccc(C2CN(CCC(C)C)CCN2Cc2c(OC)cc(C)c3[nH]ccc23)cc1. The minimum absolute atomic E-state index is 0.229. The Labute approximate surface area is 202 Å². The number of nitrogens with one attached hydrogen (secondary N) is 1. The van der Waals surface area contributed by atoms with Crippen LogP contribution in [-0.2, 0) is 11.3 Å². The quantitative estimate of drug-likeness (QED) is 0.467. The van der Waals surface area contributed by atoms with Gasteiger partial charge in [-0.3, -0.25) is 4.90 Å². The molecule has 1 aliphatic heterocycles. The van der Waals surface area contributed by atoms with E-state index >= 15 is 0 Å². The molecule has 0 radical (unpaired) electrons. The van der Waals surface area contributed by atoms with Gasteiger partial charge in [-0.2, -0.15) is 0 Å². The molecular weight excluding hydrogens is 426 g/mol. The van der Waals surface area contributed by atoms with Crippen molar-refractivity contribution in [3.8, 4) is 5.75 Å². The molecule has 0 aliphatic carbocycles. The van der Waals surface area contributed by atoms with Crippen molar-refractivity contribution in [1.29, 1.82) is 0 Å². The van der Waals surface area contributed by atoms with Gasteiger partial charge in [-0.15, -0.1) is 0 Å². The molecule has 1 N–H and O–H groups in total. The summed E-state index contributed by atoms with van der Waals surface area (Å²) in [5, 5.41) is 1.22. The lowest BCUT2D eigenvalue weighted by molar-refractivity contribution is 0.0599. The molecule has 1 fully saturated rings. The normalized spacial score (nSPS) is 17.4. The Morgan fingerprint density at radius 2 is 1.91 bits per heavy atom. The van der Waals surface area contributed by atoms with Gasteiger partial charge in [-0.25, -0.2) is 4.79 Å². The third kappa shape index (κ3) is 5.13. The predicted molar refractivity (Wildman–Crippen MR) is 136 cm³/mol. The number of methoxy groups -OCH3 is 2. The van der Waals surface area contributed by atoms with Crippen molar-refractivity contribution in [2.75, 3.05) is 40.4 Å². The van der Waals surface area contributed by atoms with Gasteiger partial charge in [-0.1, -0.05) is 26.0 Å². The molecule has 4 rings (SSSR count). The maximum Gasteiger partial charge on any atom is 0.337 e. The van der Waals surface area contributed by atoms with E-state index < -0.39 is 0 Å². The van der Waals surface area contributed by atoms with Crippen LogP contribution in [-0.4, -0.2) is 61.2 Å². The summed E-state index contributed by atoms with van der Waals surface area (Å²) < 4.78 is 10.7. The minimum atomic E-state index is -0.301. The monoisotopic (exact) mass is 463 g/mol. The fourth-order valence-corrected chi connectivity index (χ4v) is 4.97. The first kappa shape index (κ1) is 24.3. The van der Waals surface area contributed by atoms with Gasteiger partial charge in [0.25, 0.3) is 0 Å². The van der Waals surface area contributed by atoms with E-state index in [4.69, 9.17) is 9.47 Å². The molecule has 1 unspecified atom stereocenters. The molecule has 0 bridgehead atoms. The van der Waals surface area contributed by atoms with Crippen LogP contribution in [0.1, 0.15) is 53.4 Å². The van der Waals surface area contributed by atoms with E-state index in [9.17, 15) is 4.79 Å². The van der Waals surface area contributed by atoms with Crippen LogP contribution in [0.4, 0.5) is 0 Å². The molecule has 0 spiro atoms. The summed E-state index contributed by atoms with van der Waals surface area (Å²) in [6, 6.07) is 12.4.